The molecule has 3 aliphatic carbocycles. The van der Waals surface area contributed by atoms with Gasteiger partial charge in [0.05, 0.1) is 28.4 Å². The lowest BCUT2D eigenvalue weighted by molar-refractivity contribution is -0.127. The van der Waals surface area contributed by atoms with Gasteiger partial charge in [0.2, 0.25) is 0 Å². The second kappa shape index (κ2) is 9.38. The van der Waals surface area contributed by atoms with E-state index in [0.29, 0.717) is 23.4 Å². The summed E-state index contributed by atoms with van der Waals surface area (Å²) in [7, 11) is 3.66. The van der Waals surface area contributed by atoms with Crippen LogP contribution < -0.4 is 15.8 Å². The average molecular weight is 540 g/mol. The minimum Gasteiger partial charge on any atom is -0.511 e. The van der Waals surface area contributed by atoms with Crippen LogP contribution >= 0.6 is 24.0 Å². The third kappa shape index (κ3) is 4.21. The van der Waals surface area contributed by atoms with Gasteiger partial charge in [0.15, 0.2) is 11.6 Å². The first kappa shape index (κ1) is 25.1. The molecule has 9 nitrogen and oxygen atoms in total. The third-order valence-corrected chi connectivity index (χ3v) is 8.67. The number of ketones is 2. The number of allylic oxidation sites excluding steroid dienone is 5. The van der Waals surface area contributed by atoms with E-state index >= 15 is 0 Å². The number of thioether (sulfide) groups is 1. The number of fused-ring (bicyclic) bond motifs is 3. The van der Waals surface area contributed by atoms with Gasteiger partial charge < -0.3 is 20.2 Å². The molecule has 0 saturated carbocycles. The second-order valence-corrected chi connectivity index (χ2v) is 11.3. The van der Waals surface area contributed by atoms with Crippen LogP contribution in [0.1, 0.15) is 29.6 Å². The van der Waals surface area contributed by atoms with Gasteiger partial charge in [-0.1, -0.05) is 18.3 Å². The number of hydrogen-bond acceptors (Lipinski definition) is 10. The number of hydrogen-bond donors (Lipinski definition) is 5. The van der Waals surface area contributed by atoms with Crippen LogP contribution in [0.3, 0.4) is 0 Å². The molecule has 1 aliphatic heterocycles. The van der Waals surface area contributed by atoms with Gasteiger partial charge in [-0.05, 0) is 36.6 Å². The van der Waals surface area contributed by atoms with Gasteiger partial charge in [-0.2, -0.15) is 0 Å². The molecule has 1 aromatic rings. The summed E-state index contributed by atoms with van der Waals surface area (Å²) >= 11 is 6.43. The number of nitrogens with one attached hydrogen (secondary N) is 2. The van der Waals surface area contributed by atoms with Crippen LogP contribution in [-0.2, 0) is 9.59 Å². The highest BCUT2D eigenvalue weighted by Crippen LogP contribution is 2.54. The zero-order valence-electron chi connectivity index (χ0n) is 20.1. The minimum absolute atomic E-state index is 0.00601. The van der Waals surface area contributed by atoms with Gasteiger partial charge in [0.25, 0.3) is 5.91 Å². The quantitative estimate of drug-likeness (QED) is 0.220. The Morgan fingerprint density at radius 1 is 1.16 bits per heavy atom. The summed E-state index contributed by atoms with van der Waals surface area (Å²) in [6, 6.07) is 3.16. The number of aromatic hydroxyl groups is 1. The van der Waals surface area contributed by atoms with Crippen LogP contribution in [-0.4, -0.2) is 57.0 Å². The highest BCUT2D eigenvalue weighted by atomic mass is 32.2. The molecule has 0 fully saturated rings. The Hall–Kier alpha value is -3.57. The van der Waals surface area contributed by atoms with Crippen molar-refractivity contribution in [2.75, 3.05) is 19.0 Å². The van der Waals surface area contributed by atoms with Crippen LogP contribution in [0.2, 0.25) is 0 Å². The number of aliphatic hydroxyl groups is 2. The smallest absolute Gasteiger partial charge is 0.276 e. The van der Waals surface area contributed by atoms with Gasteiger partial charge in [-0.15, -0.1) is 11.8 Å². The number of anilines is 1. The first-order valence-corrected chi connectivity index (χ1v) is 13.0. The van der Waals surface area contributed by atoms with E-state index in [0.717, 1.165) is 10.6 Å². The molecule has 1 heterocycles. The van der Waals surface area contributed by atoms with E-state index in [4.69, 9.17) is 12.2 Å². The van der Waals surface area contributed by atoms with Crippen molar-refractivity contribution >= 4 is 52.0 Å². The topological polar surface area (TPSA) is 139 Å². The first-order chi connectivity index (χ1) is 17.6. The van der Waals surface area contributed by atoms with E-state index in [9.17, 15) is 29.7 Å². The Bertz CT molecular complexity index is 1390. The van der Waals surface area contributed by atoms with Crippen LogP contribution in [0.4, 0.5) is 5.69 Å². The van der Waals surface area contributed by atoms with Crippen molar-refractivity contribution in [1.82, 2.24) is 10.9 Å². The highest BCUT2D eigenvalue weighted by Gasteiger charge is 2.51. The lowest BCUT2D eigenvalue weighted by Crippen LogP contribution is -2.46. The molecule has 0 aromatic heterocycles. The van der Waals surface area contributed by atoms with E-state index in [-0.39, 0.29) is 29.1 Å². The highest BCUT2D eigenvalue weighted by molar-refractivity contribution is 8.00. The number of hydrazine groups is 1. The molecule has 5 N–H and O–H groups in total. The number of phenols is 1. The molecular weight excluding hydrogens is 514 g/mol. The maximum atomic E-state index is 13.5. The Balaban J connectivity index is 1.45. The minimum atomic E-state index is -1.14. The first-order valence-electron chi connectivity index (χ1n) is 11.7. The molecule has 37 heavy (non-hydrogen) atoms. The molecule has 3 unspecified atom stereocenters. The summed E-state index contributed by atoms with van der Waals surface area (Å²) in [5, 5.41) is 31.9. The van der Waals surface area contributed by atoms with Crippen LogP contribution in [0.5, 0.6) is 5.75 Å². The largest absolute Gasteiger partial charge is 0.511 e. The Labute approximate surface area is 222 Å². The fourth-order valence-corrected chi connectivity index (χ4v) is 7.04. The van der Waals surface area contributed by atoms with Gasteiger partial charge in [0.1, 0.15) is 22.8 Å². The summed E-state index contributed by atoms with van der Waals surface area (Å²) in [4.78, 5) is 43.0. The summed E-state index contributed by atoms with van der Waals surface area (Å²) in [5.41, 5.74) is 6.14. The molecule has 0 spiro atoms. The lowest BCUT2D eigenvalue weighted by atomic mass is 9.68. The fraction of sp³-hybridized carbons (Fsp3) is 0.308. The molecule has 1 aromatic carbocycles. The molecule has 5 rings (SSSR count). The van der Waals surface area contributed by atoms with Crippen molar-refractivity contribution in [1.29, 1.82) is 0 Å². The normalized spacial score (nSPS) is 24.8. The van der Waals surface area contributed by atoms with E-state index in [1.807, 2.05) is 19.0 Å². The number of amides is 1. The molecule has 0 radical (unpaired) electrons. The summed E-state index contributed by atoms with van der Waals surface area (Å²) < 4.78 is 0. The summed E-state index contributed by atoms with van der Waals surface area (Å²) in [5.74, 6) is -4.71. The molecule has 3 atom stereocenters. The van der Waals surface area contributed by atoms with E-state index in [2.05, 4.69) is 10.9 Å². The van der Waals surface area contributed by atoms with Gasteiger partial charge >= 0.3 is 0 Å². The molecule has 192 valence electrons. The Kier molecular flexibility index (Phi) is 6.36. The number of carbonyl (C=O) groups excluding carboxylic acids is 3. The number of aliphatic hydroxyl groups excluding tert-OH is 2. The number of rotatable bonds is 4. The monoisotopic (exact) mass is 539 g/mol. The predicted molar refractivity (Wildman–Crippen MR) is 143 cm³/mol. The third-order valence-electron chi connectivity index (χ3n) is 7.00. The summed E-state index contributed by atoms with van der Waals surface area (Å²) in [6.07, 6.45) is 6.04. The Morgan fingerprint density at radius 2 is 1.92 bits per heavy atom. The van der Waals surface area contributed by atoms with Crippen molar-refractivity contribution in [3.63, 3.8) is 0 Å². The van der Waals surface area contributed by atoms with Crippen molar-refractivity contribution in [3.8, 4) is 5.75 Å². The van der Waals surface area contributed by atoms with E-state index in [1.165, 1.54) is 17.8 Å². The van der Waals surface area contributed by atoms with Crippen molar-refractivity contribution < 1.29 is 29.7 Å². The van der Waals surface area contributed by atoms with E-state index in [1.54, 1.807) is 24.3 Å². The molecule has 0 saturated heterocycles. The number of phenolic OH excluding ortho intramolecular Hbond substituents is 1. The van der Waals surface area contributed by atoms with Gasteiger partial charge in [-0.3, -0.25) is 25.2 Å². The molecular formula is C26H25N3O6S2. The Morgan fingerprint density at radius 3 is 2.59 bits per heavy atom. The maximum absolute atomic E-state index is 13.5. The number of carbonyl (C=O) groups is 3. The zero-order chi connectivity index (χ0) is 26.6. The number of Topliss-reactive ketones (excluding diaryl/α,β-unsaturated/α-hetero) is 2. The zero-order valence-corrected chi connectivity index (χ0v) is 21.7. The lowest BCUT2D eigenvalue weighted by Gasteiger charge is -2.41. The number of benzene rings is 1. The van der Waals surface area contributed by atoms with Crippen molar-refractivity contribution in [2.24, 2.45) is 11.8 Å². The van der Waals surface area contributed by atoms with Crippen LogP contribution in [0, 0.1) is 11.8 Å². The number of thiocarbonyl (C=S) groups is 1. The summed E-state index contributed by atoms with van der Waals surface area (Å²) in [6.45, 7) is 0. The van der Waals surface area contributed by atoms with Gasteiger partial charge in [-0.25, -0.2) is 0 Å². The molecule has 1 amide bonds. The van der Waals surface area contributed by atoms with Crippen LogP contribution in [0.25, 0.3) is 0 Å². The van der Waals surface area contributed by atoms with Crippen molar-refractivity contribution in [2.45, 2.75) is 29.4 Å². The maximum Gasteiger partial charge on any atom is 0.276 e. The van der Waals surface area contributed by atoms with E-state index < -0.39 is 45.9 Å². The molecule has 11 heteroatoms. The predicted octanol–water partition coefficient (Wildman–Crippen LogP) is 3.18. The number of nitrogens with zero attached hydrogens (tertiary/aromatic N) is 1. The molecule has 4 aliphatic rings. The average Bonchev–Trinajstić information content (AvgIpc) is 2.83. The fourth-order valence-electron chi connectivity index (χ4n) is 5.23. The standard InChI is InChI=1S/C26H25N3O6S2/c1-29(2)14-7-8-15(30)19-24(34)21-17(37-25(14)19)10-11-9-16(31)20(22(32)18(11)23(21)33)26(35)28-27-12-3-5-13(36)6-4-12/h3-5,7-8,11,17-18,27,30-31,33H,6,9-10H2,1-2H3,(H,28,35). The van der Waals surface area contributed by atoms with Crippen molar-refractivity contribution in [3.05, 3.63) is 64.3 Å². The van der Waals surface area contributed by atoms with Gasteiger partial charge in [0, 0.05) is 41.9 Å². The van der Waals surface area contributed by atoms with Crippen LogP contribution in [0.15, 0.2) is 63.6 Å². The molecule has 0 bridgehead atoms. The SMILES string of the molecule is CN(C)c1ccc(O)c2c1SC1CC3CC(O)=C(C(=O)NNC4=CCC(=S)C=C4)C(=O)C3C(O)=C1C2=O. The second-order valence-electron chi connectivity index (χ2n) is 9.54.